The van der Waals surface area contributed by atoms with Crippen LogP contribution >= 0.6 is 15.9 Å². The molecule has 0 bridgehead atoms. The summed E-state index contributed by atoms with van der Waals surface area (Å²) in [4.78, 5) is 12.5. The number of carbonyl (C=O) groups excluding carboxylic acids is 1. The molecule has 1 atom stereocenters. The number of anilines is 1. The summed E-state index contributed by atoms with van der Waals surface area (Å²) in [7, 11) is 0. The summed E-state index contributed by atoms with van der Waals surface area (Å²) in [6.07, 6.45) is 7.37. The third-order valence-electron chi connectivity index (χ3n) is 3.74. The number of nitrogens with zero attached hydrogens (tertiary/aromatic N) is 4. The van der Waals surface area contributed by atoms with E-state index < -0.39 is 6.04 Å². The molecule has 8 heteroatoms. The van der Waals surface area contributed by atoms with Gasteiger partial charge in [-0.05, 0) is 40.0 Å². The molecule has 2 heterocycles. The third kappa shape index (κ3) is 4.33. The number of aromatic nitrogens is 4. The molecule has 0 saturated carbocycles. The van der Waals surface area contributed by atoms with Crippen LogP contribution in [0.3, 0.4) is 0 Å². The maximum absolute atomic E-state index is 12.9. The zero-order valence-electron chi connectivity index (χ0n) is 13.6. The Kier molecular flexibility index (Phi) is 5.28. The maximum Gasteiger partial charge on any atom is 0.249 e. The number of halogens is 2. The summed E-state index contributed by atoms with van der Waals surface area (Å²) in [5.41, 5.74) is 1.53. The van der Waals surface area contributed by atoms with E-state index in [0.717, 1.165) is 10.0 Å². The van der Waals surface area contributed by atoms with Crippen molar-refractivity contribution in [1.29, 1.82) is 0 Å². The summed E-state index contributed by atoms with van der Waals surface area (Å²) in [5, 5.41) is 11.3. The first-order valence-electron chi connectivity index (χ1n) is 7.82. The van der Waals surface area contributed by atoms with Crippen molar-refractivity contribution in [3.8, 4) is 0 Å². The monoisotopic (exact) mass is 405 g/mol. The van der Waals surface area contributed by atoms with E-state index >= 15 is 0 Å². The molecule has 130 valence electrons. The molecule has 0 aliphatic rings. The lowest BCUT2D eigenvalue weighted by Crippen LogP contribution is -2.25. The van der Waals surface area contributed by atoms with Crippen molar-refractivity contribution >= 4 is 27.5 Å². The summed E-state index contributed by atoms with van der Waals surface area (Å²) in [6, 6.07) is 5.84. The zero-order valence-corrected chi connectivity index (χ0v) is 15.1. The normalized spacial score (nSPS) is 12.1. The Balaban J connectivity index is 1.65. The topological polar surface area (TPSA) is 64.7 Å². The van der Waals surface area contributed by atoms with E-state index in [1.807, 2.05) is 6.92 Å². The van der Waals surface area contributed by atoms with Crippen LogP contribution in [0.15, 0.2) is 53.5 Å². The van der Waals surface area contributed by atoms with Gasteiger partial charge in [-0.15, -0.1) is 0 Å². The highest BCUT2D eigenvalue weighted by molar-refractivity contribution is 9.10. The molecule has 3 aromatic rings. The van der Waals surface area contributed by atoms with Crippen molar-refractivity contribution in [2.45, 2.75) is 25.9 Å². The molecule has 1 N–H and O–H groups in total. The largest absolute Gasteiger partial charge is 0.322 e. The smallest absolute Gasteiger partial charge is 0.249 e. The van der Waals surface area contributed by atoms with Gasteiger partial charge in [-0.3, -0.25) is 14.2 Å². The Morgan fingerprint density at radius 1 is 1.24 bits per heavy atom. The fraction of sp³-hybridized carbons (Fsp3) is 0.235. The Morgan fingerprint density at radius 3 is 2.64 bits per heavy atom. The number of nitrogens with one attached hydrogen (secondary N) is 1. The molecular weight excluding hydrogens is 389 g/mol. The van der Waals surface area contributed by atoms with Crippen LogP contribution in [0.4, 0.5) is 10.1 Å². The fourth-order valence-electron chi connectivity index (χ4n) is 2.49. The van der Waals surface area contributed by atoms with Crippen molar-refractivity contribution < 1.29 is 9.18 Å². The summed E-state index contributed by atoms with van der Waals surface area (Å²) in [6.45, 7) is 2.43. The third-order valence-corrected chi connectivity index (χ3v) is 4.15. The second kappa shape index (κ2) is 7.60. The molecule has 0 aliphatic carbocycles. The number of carbonyl (C=O) groups is 1. The first-order valence-corrected chi connectivity index (χ1v) is 8.62. The van der Waals surface area contributed by atoms with Gasteiger partial charge >= 0.3 is 0 Å². The Morgan fingerprint density at radius 2 is 2.00 bits per heavy atom. The molecule has 0 spiro atoms. The van der Waals surface area contributed by atoms with E-state index in [9.17, 15) is 9.18 Å². The van der Waals surface area contributed by atoms with E-state index in [2.05, 4.69) is 31.4 Å². The van der Waals surface area contributed by atoms with Crippen LogP contribution < -0.4 is 5.32 Å². The quantitative estimate of drug-likeness (QED) is 0.680. The zero-order chi connectivity index (χ0) is 17.8. The molecule has 1 aromatic carbocycles. The first-order chi connectivity index (χ1) is 12.0. The fourth-order valence-corrected chi connectivity index (χ4v) is 2.80. The molecule has 0 saturated heterocycles. The lowest BCUT2D eigenvalue weighted by molar-refractivity contribution is -0.119. The molecule has 1 unspecified atom stereocenters. The van der Waals surface area contributed by atoms with Crippen molar-refractivity contribution in [2.24, 2.45) is 0 Å². The van der Waals surface area contributed by atoms with Gasteiger partial charge in [0.2, 0.25) is 5.91 Å². The van der Waals surface area contributed by atoms with Gasteiger partial charge in [-0.2, -0.15) is 10.2 Å². The minimum atomic E-state index is -0.397. The van der Waals surface area contributed by atoms with Crippen molar-refractivity contribution in [2.75, 3.05) is 5.32 Å². The molecule has 0 radical (unpaired) electrons. The van der Waals surface area contributed by atoms with Crippen molar-refractivity contribution in [3.63, 3.8) is 0 Å². The molecule has 2 aromatic heterocycles. The number of amides is 1. The molecular formula is C17H17BrFN5O. The highest BCUT2D eigenvalue weighted by atomic mass is 79.9. The Labute approximate surface area is 152 Å². The highest BCUT2D eigenvalue weighted by Crippen LogP contribution is 2.17. The van der Waals surface area contributed by atoms with Gasteiger partial charge < -0.3 is 5.32 Å². The van der Waals surface area contributed by atoms with E-state index in [-0.39, 0.29) is 11.7 Å². The van der Waals surface area contributed by atoms with Crippen LogP contribution in [0.25, 0.3) is 0 Å². The molecule has 1 amide bonds. The van der Waals surface area contributed by atoms with Gasteiger partial charge in [0.25, 0.3) is 0 Å². The SMILES string of the molecule is CCC(C(=O)Nc1cnn(Cc2ccc(F)cc2)c1)n1cc(Br)cn1. The van der Waals surface area contributed by atoms with Crippen LogP contribution in [0, 0.1) is 5.82 Å². The minimum Gasteiger partial charge on any atom is -0.322 e. The van der Waals surface area contributed by atoms with Crippen LogP contribution in [0.1, 0.15) is 24.9 Å². The Bertz CT molecular complexity index is 858. The van der Waals surface area contributed by atoms with Crippen LogP contribution in [-0.2, 0) is 11.3 Å². The number of benzene rings is 1. The summed E-state index contributed by atoms with van der Waals surface area (Å²) in [5.74, 6) is -0.424. The lowest BCUT2D eigenvalue weighted by atomic mass is 10.2. The standard InChI is InChI=1S/C17H17BrFN5O/c1-2-16(24-10-13(18)7-21-24)17(25)22-15-8-20-23(11-15)9-12-3-5-14(19)6-4-12/h3-8,10-11,16H,2,9H2,1H3,(H,22,25). The molecule has 0 fully saturated rings. The number of rotatable bonds is 6. The number of hydrogen-bond donors (Lipinski definition) is 1. The summed E-state index contributed by atoms with van der Waals surface area (Å²) >= 11 is 3.33. The highest BCUT2D eigenvalue weighted by Gasteiger charge is 2.20. The van der Waals surface area contributed by atoms with Gasteiger partial charge in [-0.1, -0.05) is 19.1 Å². The van der Waals surface area contributed by atoms with E-state index in [0.29, 0.717) is 18.7 Å². The first kappa shape index (κ1) is 17.3. The van der Waals surface area contributed by atoms with Gasteiger partial charge in [0.1, 0.15) is 11.9 Å². The average molecular weight is 406 g/mol. The average Bonchev–Trinajstić information content (AvgIpc) is 3.20. The summed E-state index contributed by atoms with van der Waals surface area (Å²) < 4.78 is 17.1. The van der Waals surface area contributed by atoms with E-state index in [1.165, 1.54) is 12.1 Å². The van der Waals surface area contributed by atoms with Gasteiger partial charge in [0, 0.05) is 12.4 Å². The maximum atomic E-state index is 12.9. The minimum absolute atomic E-state index is 0.153. The van der Waals surface area contributed by atoms with Crippen LogP contribution in [0.5, 0.6) is 0 Å². The molecule has 25 heavy (non-hydrogen) atoms. The van der Waals surface area contributed by atoms with Gasteiger partial charge in [-0.25, -0.2) is 4.39 Å². The predicted molar refractivity (Wildman–Crippen MR) is 95.6 cm³/mol. The van der Waals surface area contributed by atoms with Crippen molar-refractivity contribution in [1.82, 2.24) is 19.6 Å². The Hall–Kier alpha value is -2.48. The van der Waals surface area contributed by atoms with E-state index in [4.69, 9.17) is 0 Å². The van der Waals surface area contributed by atoms with Crippen molar-refractivity contribution in [3.05, 3.63) is 64.9 Å². The van der Waals surface area contributed by atoms with Crippen LogP contribution in [0.2, 0.25) is 0 Å². The van der Waals surface area contributed by atoms with Crippen LogP contribution in [-0.4, -0.2) is 25.5 Å². The number of hydrogen-bond acceptors (Lipinski definition) is 3. The molecule has 0 aliphatic heterocycles. The van der Waals surface area contributed by atoms with Gasteiger partial charge in [0.05, 0.1) is 29.1 Å². The second-order valence-corrected chi connectivity index (χ2v) is 6.52. The van der Waals surface area contributed by atoms with Gasteiger partial charge in [0.15, 0.2) is 0 Å². The predicted octanol–water partition coefficient (Wildman–Crippen LogP) is 3.62. The second-order valence-electron chi connectivity index (χ2n) is 5.60. The lowest BCUT2D eigenvalue weighted by Gasteiger charge is -2.14. The van der Waals surface area contributed by atoms with E-state index in [1.54, 1.807) is 46.3 Å². The molecule has 3 rings (SSSR count). The molecule has 6 nitrogen and oxygen atoms in total.